The fourth-order valence-corrected chi connectivity index (χ4v) is 2.39. The van der Waals surface area contributed by atoms with Crippen molar-refractivity contribution in [2.45, 2.75) is 6.18 Å². The predicted molar refractivity (Wildman–Crippen MR) is 84.3 cm³/mol. The Morgan fingerprint density at radius 1 is 1.17 bits per heavy atom. The summed E-state index contributed by atoms with van der Waals surface area (Å²) >= 11 is 0. The molecule has 0 atom stereocenters. The lowest BCUT2D eigenvalue weighted by Crippen LogP contribution is -2.11. The summed E-state index contributed by atoms with van der Waals surface area (Å²) in [5.74, 6) is -0.610. The average molecular weight is 331 g/mol. The van der Waals surface area contributed by atoms with Crippen LogP contribution in [0.5, 0.6) is 0 Å². The first-order valence-electron chi connectivity index (χ1n) is 6.91. The number of aromatic nitrogens is 2. The van der Waals surface area contributed by atoms with Gasteiger partial charge in [-0.1, -0.05) is 12.6 Å². The Bertz CT molecular complexity index is 940. The fraction of sp³-hybridized carbons (Fsp3) is 0.0588. The average Bonchev–Trinajstić information content (AvgIpc) is 2.96. The summed E-state index contributed by atoms with van der Waals surface area (Å²) < 4.78 is 39.5. The van der Waals surface area contributed by atoms with Crippen molar-refractivity contribution >= 4 is 22.4 Å². The predicted octanol–water partition coefficient (Wildman–Crippen LogP) is 3.54. The van der Waals surface area contributed by atoms with E-state index in [1.165, 1.54) is 12.3 Å². The van der Waals surface area contributed by atoms with Gasteiger partial charge in [0, 0.05) is 17.2 Å². The number of nitrogens with two attached hydrogens (primary N) is 1. The zero-order valence-corrected chi connectivity index (χ0v) is 12.3. The Morgan fingerprint density at radius 3 is 2.50 bits per heavy atom. The van der Waals surface area contributed by atoms with Gasteiger partial charge in [-0.05, 0) is 35.9 Å². The SMILES string of the molecule is C=C(C(N)=O)c1ccc2c(ccn2-c2ccc(C(F)(F)F)nc2)c1. The Morgan fingerprint density at radius 2 is 1.92 bits per heavy atom. The van der Waals surface area contributed by atoms with Crippen LogP contribution < -0.4 is 5.73 Å². The molecule has 3 rings (SSSR count). The van der Waals surface area contributed by atoms with Crippen LogP contribution in [-0.4, -0.2) is 15.5 Å². The van der Waals surface area contributed by atoms with Gasteiger partial charge in [-0.25, -0.2) is 4.98 Å². The van der Waals surface area contributed by atoms with Crippen LogP contribution in [0.1, 0.15) is 11.3 Å². The number of rotatable bonds is 3. The standard InChI is InChI=1S/C17H12F3N3O/c1-10(16(21)24)11-2-4-14-12(8-11)6-7-23(14)13-3-5-15(22-9-13)17(18,19)20/h2-9H,1H2,(H2,21,24). The molecule has 0 bridgehead atoms. The van der Waals surface area contributed by atoms with Crippen molar-refractivity contribution in [2.24, 2.45) is 5.73 Å². The lowest BCUT2D eigenvalue weighted by atomic mass is 10.1. The highest BCUT2D eigenvalue weighted by atomic mass is 19.4. The summed E-state index contributed by atoms with van der Waals surface area (Å²) in [4.78, 5) is 14.7. The molecule has 0 fully saturated rings. The van der Waals surface area contributed by atoms with Crippen molar-refractivity contribution in [3.8, 4) is 5.69 Å². The summed E-state index contributed by atoms with van der Waals surface area (Å²) in [6.45, 7) is 3.63. The molecule has 1 aromatic carbocycles. The number of alkyl halides is 3. The molecule has 7 heteroatoms. The molecule has 2 heterocycles. The van der Waals surface area contributed by atoms with Gasteiger partial charge >= 0.3 is 6.18 Å². The summed E-state index contributed by atoms with van der Waals surface area (Å²) in [5, 5.41) is 0.801. The minimum atomic E-state index is -4.47. The van der Waals surface area contributed by atoms with E-state index in [4.69, 9.17) is 5.73 Å². The van der Waals surface area contributed by atoms with Gasteiger partial charge in [0.05, 0.1) is 17.4 Å². The summed E-state index contributed by atoms with van der Waals surface area (Å²) in [6, 6.07) is 9.25. The Labute approximate surface area is 135 Å². The maximum atomic E-state index is 12.6. The molecule has 0 spiro atoms. The van der Waals surface area contributed by atoms with E-state index >= 15 is 0 Å². The summed E-state index contributed by atoms with van der Waals surface area (Å²) in [6.07, 6.45) is -1.59. The van der Waals surface area contributed by atoms with Crippen LogP contribution in [0.15, 0.2) is 55.4 Å². The van der Waals surface area contributed by atoms with Crippen LogP contribution in [0, 0.1) is 0 Å². The number of hydrogen-bond acceptors (Lipinski definition) is 2. The Balaban J connectivity index is 2.02. The fourth-order valence-electron chi connectivity index (χ4n) is 2.39. The molecule has 0 saturated heterocycles. The number of benzene rings is 1. The van der Waals surface area contributed by atoms with Crippen LogP contribution in [0.3, 0.4) is 0 Å². The third kappa shape index (κ3) is 2.76. The van der Waals surface area contributed by atoms with Crippen LogP contribution in [-0.2, 0) is 11.0 Å². The smallest absolute Gasteiger partial charge is 0.366 e. The third-order valence-electron chi connectivity index (χ3n) is 3.65. The van der Waals surface area contributed by atoms with Crippen LogP contribution >= 0.6 is 0 Å². The van der Waals surface area contributed by atoms with E-state index in [-0.39, 0.29) is 5.57 Å². The first kappa shape index (κ1) is 15.8. The molecular weight excluding hydrogens is 319 g/mol. The minimum absolute atomic E-state index is 0.195. The molecule has 122 valence electrons. The van der Waals surface area contributed by atoms with Crippen molar-refractivity contribution in [3.05, 3.63) is 66.6 Å². The highest BCUT2D eigenvalue weighted by Crippen LogP contribution is 2.29. The normalized spacial score (nSPS) is 11.6. The van der Waals surface area contributed by atoms with Crippen molar-refractivity contribution in [3.63, 3.8) is 0 Å². The van der Waals surface area contributed by atoms with E-state index in [0.717, 1.165) is 17.0 Å². The molecular formula is C17H12F3N3O. The number of hydrogen-bond donors (Lipinski definition) is 1. The molecule has 0 aliphatic rings. The highest BCUT2D eigenvalue weighted by molar-refractivity contribution is 6.18. The van der Waals surface area contributed by atoms with Gasteiger partial charge in [0.15, 0.2) is 0 Å². The largest absolute Gasteiger partial charge is 0.433 e. The third-order valence-corrected chi connectivity index (χ3v) is 3.65. The van der Waals surface area contributed by atoms with E-state index in [2.05, 4.69) is 11.6 Å². The second-order valence-corrected chi connectivity index (χ2v) is 5.20. The zero-order chi connectivity index (χ0) is 17.5. The number of carbonyl (C=O) groups excluding carboxylic acids is 1. The van der Waals surface area contributed by atoms with Crippen molar-refractivity contribution in [1.82, 2.24) is 9.55 Å². The van der Waals surface area contributed by atoms with E-state index in [0.29, 0.717) is 11.3 Å². The number of fused-ring (bicyclic) bond motifs is 1. The van der Waals surface area contributed by atoms with Gasteiger partial charge in [0.2, 0.25) is 5.91 Å². The lowest BCUT2D eigenvalue weighted by molar-refractivity contribution is -0.141. The molecule has 2 N–H and O–H groups in total. The number of nitrogens with zero attached hydrogens (tertiary/aromatic N) is 2. The van der Waals surface area contributed by atoms with E-state index in [9.17, 15) is 18.0 Å². The second kappa shape index (κ2) is 5.52. The van der Waals surface area contributed by atoms with Crippen molar-refractivity contribution in [2.75, 3.05) is 0 Å². The molecule has 0 unspecified atom stereocenters. The van der Waals surface area contributed by atoms with Gasteiger partial charge in [-0.2, -0.15) is 13.2 Å². The van der Waals surface area contributed by atoms with Crippen molar-refractivity contribution in [1.29, 1.82) is 0 Å². The molecule has 3 aromatic rings. The van der Waals surface area contributed by atoms with E-state index in [1.54, 1.807) is 35.0 Å². The molecule has 1 amide bonds. The lowest BCUT2D eigenvalue weighted by Gasteiger charge is -2.09. The minimum Gasteiger partial charge on any atom is -0.366 e. The molecule has 24 heavy (non-hydrogen) atoms. The van der Waals surface area contributed by atoms with Gasteiger partial charge in [0.25, 0.3) is 0 Å². The van der Waals surface area contributed by atoms with Crippen LogP contribution in [0.25, 0.3) is 22.2 Å². The molecule has 0 aliphatic heterocycles. The van der Waals surface area contributed by atoms with E-state index < -0.39 is 17.8 Å². The maximum Gasteiger partial charge on any atom is 0.433 e. The van der Waals surface area contributed by atoms with Gasteiger partial charge in [-0.3, -0.25) is 4.79 Å². The number of carbonyl (C=O) groups is 1. The Hall–Kier alpha value is -3.09. The molecule has 4 nitrogen and oxygen atoms in total. The molecule has 0 saturated carbocycles. The van der Waals surface area contributed by atoms with Gasteiger partial charge in [-0.15, -0.1) is 0 Å². The monoisotopic (exact) mass is 331 g/mol. The summed E-state index contributed by atoms with van der Waals surface area (Å²) in [7, 11) is 0. The zero-order valence-electron chi connectivity index (χ0n) is 12.3. The second-order valence-electron chi connectivity index (χ2n) is 5.20. The van der Waals surface area contributed by atoms with Gasteiger partial charge < -0.3 is 10.3 Å². The molecule has 2 aromatic heterocycles. The quantitative estimate of drug-likeness (QED) is 0.746. The topological polar surface area (TPSA) is 60.9 Å². The number of pyridine rings is 1. The number of amides is 1. The highest BCUT2D eigenvalue weighted by Gasteiger charge is 2.32. The number of primary amides is 1. The number of halogens is 3. The Kier molecular flexibility index (Phi) is 3.63. The van der Waals surface area contributed by atoms with Crippen LogP contribution in [0.4, 0.5) is 13.2 Å². The molecule has 0 aliphatic carbocycles. The first-order valence-corrected chi connectivity index (χ1v) is 6.91. The maximum absolute atomic E-state index is 12.6. The van der Waals surface area contributed by atoms with E-state index in [1.807, 2.05) is 0 Å². The van der Waals surface area contributed by atoms with Crippen molar-refractivity contribution < 1.29 is 18.0 Å². The molecule has 0 radical (unpaired) electrons. The van der Waals surface area contributed by atoms with Crippen LogP contribution in [0.2, 0.25) is 0 Å². The summed E-state index contributed by atoms with van der Waals surface area (Å²) in [5.41, 5.74) is 6.32. The first-order chi connectivity index (χ1) is 11.3. The van der Waals surface area contributed by atoms with Gasteiger partial charge in [0.1, 0.15) is 5.69 Å².